The first-order valence-electron chi connectivity index (χ1n) is 9.77. The molecule has 0 spiro atoms. The van der Waals surface area contributed by atoms with E-state index in [1.807, 2.05) is 30.3 Å². The van der Waals surface area contributed by atoms with E-state index in [4.69, 9.17) is 9.47 Å². The Hall–Kier alpha value is -3.45. The minimum absolute atomic E-state index is 0.109. The Morgan fingerprint density at radius 2 is 1.48 bits per heavy atom. The van der Waals surface area contributed by atoms with Gasteiger partial charge in [0, 0.05) is 22.6 Å². The minimum Gasteiger partial charge on any atom is -0.494 e. The number of thioether (sulfide) groups is 1. The summed E-state index contributed by atoms with van der Waals surface area (Å²) in [6.45, 7) is 0. The van der Waals surface area contributed by atoms with E-state index in [2.05, 4.69) is 10.6 Å². The molecule has 7 heteroatoms. The van der Waals surface area contributed by atoms with E-state index in [9.17, 15) is 9.59 Å². The number of ether oxygens (including phenoxy) is 2. The summed E-state index contributed by atoms with van der Waals surface area (Å²) in [7, 11) is 3.02. The molecule has 0 fully saturated rings. The predicted molar refractivity (Wildman–Crippen MR) is 122 cm³/mol. The van der Waals surface area contributed by atoms with Crippen molar-refractivity contribution in [1.82, 2.24) is 0 Å². The third-order valence-electron chi connectivity index (χ3n) is 5.00. The zero-order valence-electron chi connectivity index (χ0n) is 17.2. The first-order valence-corrected chi connectivity index (χ1v) is 10.6. The van der Waals surface area contributed by atoms with Crippen molar-refractivity contribution in [2.75, 3.05) is 24.9 Å². The fraction of sp³-hybridized carbons (Fsp3) is 0.167. The van der Waals surface area contributed by atoms with Crippen LogP contribution in [0, 0.1) is 0 Å². The maximum Gasteiger partial charge on any atom is 0.255 e. The zero-order chi connectivity index (χ0) is 21.8. The van der Waals surface area contributed by atoms with Crippen molar-refractivity contribution in [2.24, 2.45) is 0 Å². The predicted octanol–water partition coefficient (Wildman–Crippen LogP) is 4.61. The number of rotatable bonds is 6. The lowest BCUT2D eigenvalue weighted by atomic mass is 10.1. The van der Waals surface area contributed by atoms with Crippen LogP contribution in [0.4, 0.5) is 11.4 Å². The largest absolute Gasteiger partial charge is 0.494 e. The van der Waals surface area contributed by atoms with Crippen LogP contribution >= 0.6 is 11.8 Å². The molecule has 0 bridgehead atoms. The minimum atomic E-state index is -0.266. The molecule has 6 nitrogen and oxygen atoms in total. The van der Waals surface area contributed by atoms with Gasteiger partial charge in [-0.05, 0) is 30.2 Å². The molecule has 3 aromatic carbocycles. The van der Waals surface area contributed by atoms with E-state index in [0.717, 1.165) is 4.90 Å². The lowest BCUT2D eigenvalue weighted by molar-refractivity contribution is -0.115. The summed E-state index contributed by atoms with van der Waals surface area (Å²) in [5.74, 6) is 0.473. The molecule has 31 heavy (non-hydrogen) atoms. The first kappa shape index (κ1) is 20.8. The zero-order valence-corrected chi connectivity index (χ0v) is 18.0. The lowest BCUT2D eigenvalue weighted by Gasteiger charge is -2.17. The molecule has 1 heterocycles. The first-order chi connectivity index (χ1) is 15.1. The molecule has 1 aliphatic rings. The number of hydrogen-bond donors (Lipinski definition) is 2. The van der Waals surface area contributed by atoms with Crippen LogP contribution in [0.3, 0.4) is 0 Å². The fourth-order valence-corrected chi connectivity index (χ4v) is 4.61. The quantitative estimate of drug-likeness (QED) is 0.592. The van der Waals surface area contributed by atoms with Gasteiger partial charge in [0.2, 0.25) is 5.91 Å². The van der Waals surface area contributed by atoms with Crippen LogP contribution in [-0.2, 0) is 11.2 Å². The van der Waals surface area contributed by atoms with Crippen molar-refractivity contribution < 1.29 is 19.1 Å². The number of amides is 2. The molecule has 0 saturated heterocycles. The molecular formula is C24H22N2O4S. The average molecular weight is 435 g/mol. The molecule has 3 aromatic rings. The monoisotopic (exact) mass is 434 g/mol. The van der Waals surface area contributed by atoms with Crippen LogP contribution in [0.2, 0.25) is 0 Å². The maximum atomic E-state index is 12.9. The van der Waals surface area contributed by atoms with Gasteiger partial charge in [-0.1, -0.05) is 36.4 Å². The molecule has 2 amide bonds. The number of nitrogens with one attached hydrogen (secondary N) is 2. The number of carbonyl (C=O) groups excluding carboxylic acids is 2. The van der Waals surface area contributed by atoms with Crippen LogP contribution < -0.4 is 20.1 Å². The van der Waals surface area contributed by atoms with E-state index in [-0.39, 0.29) is 17.1 Å². The highest BCUT2D eigenvalue weighted by atomic mass is 32.2. The molecule has 1 atom stereocenters. The summed E-state index contributed by atoms with van der Waals surface area (Å²) >= 11 is 1.56. The highest BCUT2D eigenvalue weighted by Crippen LogP contribution is 2.40. The van der Waals surface area contributed by atoms with Crippen LogP contribution in [0.15, 0.2) is 71.6 Å². The summed E-state index contributed by atoms with van der Waals surface area (Å²) in [5.41, 5.74) is 2.64. The third-order valence-corrected chi connectivity index (χ3v) is 6.32. The van der Waals surface area contributed by atoms with Gasteiger partial charge in [-0.2, -0.15) is 0 Å². The van der Waals surface area contributed by atoms with Crippen molar-refractivity contribution >= 4 is 35.0 Å². The van der Waals surface area contributed by atoms with Crippen LogP contribution in [0.1, 0.15) is 15.9 Å². The molecule has 2 N–H and O–H groups in total. The summed E-state index contributed by atoms with van der Waals surface area (Å²) < 4.78 is 10.9. The lowest BCUT2D eigenvalue weighted by Crippen LogP contribution is -2.25. The topological polar surface area (TPSA) is 76.7 Å². The second-order valence-electron chi connectivity index (χ2n) is 6.98. The van der Waals surface area contributed by atoms with Crippen LogP contribution in [0.25, 0.3) is 0 Å². The van der Waals surface area contributed by atoms with Gasteiger partial charge in [0.15, 0.2) is 0 Å². The van der Waals surface area contributed by atoms with E-state index < -0.39 is 0 Å². The van der Waals surface area contributed by atoms with E-state index in [1.165, 1.54) is 19.8 Å². The van der Waals surface area contributed by atoms with Crippen molar-refractivity contribution in [1.29, 1.82) is 0 Å². The van der Waals surface area contributed by atoms with Gasteiger partial charge >= 0.3 is 0 Å². The Balaban J connectivity index is 1.53. The van der Waals surface area contributed by atoms with Gasteiger partial charge in [0.1, 0.15) is 11.5 Å². The standard InChI is InChI=1S/C24H22N2O4S/c1-29-19-14-18(26-24(28)22-12-16-10-6-7-11-21(16)31-22)20(30-2)13-17(19)25-23(27)15-8-4-3-5-9-15/h3-11,13-14,22H,12H2,1-2H3,(H,25,27)(H,26,28). The number of anilines is 2. The molecule has 1 aliphatic heterocycles. The van der Waals surface area contributed by atoms with Crippen LogP contribution in [0.5, 0.6) is 11.5 Å². The molecule has 158 valence electrons. The van der Waals surface area contributed by atoms with E-state index >= 15 is 0 Å². The Bertz CT molecular complexity index is 1090. The van der Waals surface area contributed by atoms with Gasteiger partial charge in [-0.15, -0.1) is 11.8 Å². The summed E-state index contributed by atoms with van der Waals surface area (Å²) in [4.78, 5) is 26.6. The van der Waals surface area contributed by atoms with Crippen molar-refractivity contribution in [2.45, 2.75) is 16.6 Å². The number of carbonyl (C=O) groups is 2. The molecule has 0 aromatic heterocycles. The van der Waals surface area contributed by atoms with Gasteiger partial charge < -0.3 is 20.1 Å². The second kappa shape index (κ2) is 9.14. The van der Waals surface area contributed by atoms with E-state index in [0.29, 0.717) is 34.9 Å². The molecule has 0 saturated carbocycles. The Labute approximate surface area is 185 Å². The molecule has 0 aliphatic carbocycles. The fourth-order valence-electron chi connectivity index (χ4n) is 3.42. The number of benzene rings is 3. The summed E-state index contributed by atoms with van der Waals surface area (Å²) in [6, 6.07) is 20.2. The van der Waals surface area contributed by atoms with Gasteiger partial charge in [0.05, 0.1) is 30.8 Å². The highest BCUT2D eigenvalue weighted by Gasteiger charge is 2.29. The van der Waals surface area contributed by atoms with Gasteiger partial charge in [-0.3, -0.25) is 9.59 Å². The summed E-state index contributed by atoms with van der Waals surface area (Å²) in [6.07, 6.45) is 0.678. The highest BCUT2D eigenvalue weighted by molar-refractivity contribution is 8.01. The molecule has 4 rings (SSSR count). The smallest absolute Gasteiger partial charge is 0.255 e. The average Bonchev–Trinajstić information content (AvgIpc) is 3.24. The Morgan fingerprint density at radius 1 is 0.871 bits per heavy atom. The second-order valence-corrected chi connectivity index (χ2v) is 8.23. The normalized spacial score (nSPS) is 14.5. The van der Waals surface area contributed by atoms with Crippen molar-refractivity contribution in [3.05, 3.63) is 77.9 Å². The van der Waals surface area contributed by atoms with E-state index in [1.54, 1.807) is 48.2 Å². The number of fused-ring (bicyclic) bond motifs is 1. The Morgan fingerprint density at radius 3 is 2.13 bits per heavy atom. The van der Waals surface area contributed by atoms with Gasteiger partial charge in [-0.25, -0.2) is 0 Å². The van der Waals surface area contributed by atoms with Crippen molar-refractivity contribution in [3.63, 3.8) is 0 Å². The molecule has 1 unspecified atom stereocenters. The van der Waals surface area contributed by atoms with Crippen LogP contribution in [-0.4, -0.2) is 31.3 Å². The summed E-state index contributed by atoms with van der Waals surface area (Å²) in [5, 5.41) is 5.57. The van der Waals surface area contributed by atoms with Crippen molar-refractivity contribution in [3.8, 4) is 11.5 Å². The maximum absolute atomic E-state index is 12.9. The number of methoxy groups -OCH3 is 2. The Kier molecular flexibility index (Phi) is 6.13. The number of hydrogen-bond acceptors (Lipinski definition) is 5. The molecular weight excluding hydrogens is 412 g/mol. The van der Waals surface area contributed by atoms with Gasteiger partial charge in [0.25, 0.3) is 5.91 Å². The molecule has 0 radical (unpaired) electrons. The third kappa shape index (κ3) is 4.51. The SMILES string of the molecule is COc1cc(NC(=O)C2Cc3ccccc3S2)c(OC)cc1NC(=O)c1ccccc1.